The van der Waals surface area contributed by atoms with Crippen LogP contribution in [0.4, 0.5) is 4.79 Å². The number of unbranched alkanes of at least 4 members (excludes halogenated alkanes) is 3. The quantitative estimate of drug-likeness (QED) is 0.0290. The van der Waals surface area contributed by atoms with Crippen molar-refractivity contribution in [3.8, 4) is 5.75 Å². The monoisotopic (exact) mass is 1170 g/mol. The maximum absolute atomic E-state index is 14.4. The first-order chi connectivity index (χ1) is 35.2. The molecule has 0 aromatic heterocycles. The van der Waals surface area contributed by atoms with Crippen LogP contribution in [0.5, 0.6) is 5.75 Å². The third-order valence-corrected chi connectivity index (χ3v) is 27.8. The van der Waals surface area contributed by atoms with E-state index in [2.05, 4.69) is 31.4 Å². The van der Waals surface area contributed by atoms with Crippen molar-refractivity contribution in [2.24, 2.45) is 4.99 Å². The first kappa shape index (κ1) is 64.5. The van der Waals surface area contributed by atoms with Gasteiger partial charge in [0.05, 0.1) is 6.54 Å². The Balaban J connectivity index is 2.20. The van der Waals surface area contributed by atoms with Crippen LogP contribution in [0.25, 0.3) is 0 Å². The van der Waals surface area contributed by atoms with E-state index in [1.54, 1.807) is 39.5 Å². The van der Waals surface area contributed by atoms with Crippen LogP contribution >= 0.6 is 0 Å². The van der Waals surface area contributed by atoms with Gasteiger partial charge in [-0.3, -0.25) is 28.8 Å². The van der Waals surface area contributed by atoms with Crippen molar-refractivity contribution in [3.05, 3.63) is 28.8 Å². The summed E-state index contributed by atoms with van der Waals surface area (Å²) >= 11 is -2.84. The summed E-state index contributed by atoms with van der Waals surface area (Å²) in [4.78, 5) is 112. The summed E-state index contributed by atoms with van der Waals surface area (Å²) < 4.78 is 52.0. The molecule has 7 atom stereocenters. The standard InChI is InChI=1S/C42H59N4O16.3C4H9.Sn/c1-23-17-30(18-24(2)34(23)59-28(6)50)37(52)43-20-32(58-27(5)49)35(60-29(7)51)36-33(45-25(3)47)31(57-26(4)48)19-42(61-36,38(53)56-12)13-15-44-41(22-55-11)14-16-46(21-41)39(54)62-40(8,9)10;3*1-3-4-2;/h15,17-18,31-33,35-36H,11,13-14,16,19-22H2,1-10,12H3,(H,43,52)(H,45,47);3*1,3-4H2,2H3;/t31-,32+,33+,35+,36+,41?,42+;;;;/m0..../s1. The molecule has 1 aromatic rings. The molecule has 0 spiro atoms. The van der Waals surface area contributed by atoms with Crippen LogP contribution in [-0.2, 0) is 61.9 Å². The molecule has 2 N–H and O–H groups in total. The van der Waals surface area contributed by atoms with E-state index < -0.39 is 126 Å². The summed E-state index contributed by atoms with van der Waals surface area (Å²) in [6.07, 6.45) is 1.18. The van der Waals surface area contributed by atoms with Gasteiger partial charge < -0.3 is 14.8 Å². The topological polar surface area (TPSA) is 250 Å². The molecule has 0 aliphatic carbocycles. The molecule has 3 amide bonds. The number of aliphatic imine (C=N–C) groups is 1. The Morgan fingerprint density at radius 3 is 1.95 bits per heavy atom. The van der Waals surface area contributed by atoms with Crippen LogP contribution < -0.4 is 15.4 Å². The summed E-state index contributed by atoms with van der Waals surface area (Å²) in [5, 5.41) is 5.45. The van der Waals surface area contributed by atoms with E-state index in [0.29, 0.717) is 28.7 Å². The predicted molar refractivity (Wildman–Crippen MR) is 282 cm³/mol. The van der Waals surface area contributed by atoms with E-state index in [1.807, 2.05) is 0 Å². The number of nitrogens with one attached hydrogen (secondary N) is 2. The molecule has 1 aromatic carbocycles. The summed E-state index contributed by atoms with van der Waals surface area (Å²) in [5.74, 6) is -5.01. The fourth-order valence-corrected chi connectivity index (χ4v) is 24.3. The Kier molecular flexibility index (Phi) is 25.5. The fourth-order valence-electron chi connectivity index (χ4n) is 9.94. The normalized spacial score (nSPS) is 21.6. The third-order valence-electron chi connectivity index (χ3n) is 13.4. The molecule has 422 valence electrons. The first-order valence-electron chi connectivity index (χ1n) is 26.4. The van der Waals surface area contributed by atoms with Gasteiger partial charge in [0.15, 0.2) is 0 Å². The van der Waals surface area contributed by atoms with Gasteiger partial charge in [0.1, 0.15) is 5.75 Å². The summed E-state index contributed by atoms with van der Waals surface area (Å²) in [6, 6.07) is 1.65. The van der Waals surface area contributed by atoms with Crippen molar-refractivity contribution in [1.82, 2.24) is 15.5 Å². The van der Waals surface area contributed by atoms with Gasteiger partial charge in [0.25, 0.3) is 5.91 Å². The number of esters is 5. The fraction of sp³-hybridized carbons (Fsp3) is 0.722. The second kappa shape index (κ2) is 29.6. The number of nitrogens with zero attached hydrogens (tertiary/aromatic N) is 2. The Morgan fingerprint density at radius 1 is 0.867 bits per heavy atom. The number of amides is 3. The van der Waals surface area contributed by atoms with Gasteiger partial charge in [-0.2, -0.15) is 0 Å². The second-order valence-electron chi connectivity index (χ2n) is 21.3. The molecule has 0 radical (unpaired) electrons. The predicted octanol–water partition coefficient (Wildman–Crippen LogP) is 7.20. The van der Waals surface area contributed by atoms with Crippen molar-refractivity contribution in [2.75, 3.05) is 38.0 Å². The van der Waals surface area contributed by atoms with Crippen molar-refractivity contribution in [2.45, 2.75) is 208 Å². The van der Waals surface area contributed by atoms with Crippen molar-refractivity contribution in [1.29, 1.82) is 0 Å². The third kappa shape index (κ3) is 19.9. The molecule has 21 heteroatoms. The molecule has 75 heavy (non-hydrogen) atoms. The van der Waals surface area contributed by atoms with Crippen molar-refractivity contribution >= 4 is 72.3 Å². The molecule has 1 unspecified atom stereocenters. The van der Waals surface area contributed by atoms with E-state index in [1.165, 1.54) is 45.5 Å². The molecular weight excluding hydrogens is 1080 g/mol. The van der Waals surface area contributed by atoms with E-state index in [4.69, 9.17) is 42.9 Å². The van der Waals surface area contributed by atoms with Crippen LogP contribution in [0.1, 0.15) is 155 Å². The Hall–Kier alpha value is -4.83. The van der Waals surface area contributed by atoms with Gasteiger partial charge >= 0.3 is 305 Å². The zero-order chi connectivity index (χ0) is 56.3. The number of carbonyl (C=O) groups excluding carboxylic acids is 8. The number of ether oxygens (including phenoxy) is 8. The van der Waals surface area contributed by atoms with Crippen LogP contribution in [0.2, 0.25) is 13.3 Å². The molecule has 0 saturated carbocycles. The number of benzene rings is 1. The SMILES string of the molecule is CCC[CH2][Sn]([CH2]CCC)([CH2]CCC)[CH2]OCC1(N=CC[C@]2(C(=O)OC)C[C@H](OC(C)=O)[C@@H](NC(C)=O)[C@H]([C@H](OC(C)=O)[C@@H](CNC(=O)c3cc(C)c(OC(C)=O)c(C)c3)OC(C)=O)O2)CCN(C(=O)OC(C)(C)C)C1. The number of aryl methyl sites for hydroxylation is 2. The minimum atomic E-state index is -2.84. The summed E-state index contributed by atoms with van der Waals surface area (Å²) in [7, 11) is 1.14. The van der Waals surface area contributed by atoms with Crippen LogP contribution in [0, 0.1) is 13.8 Å². The van der Waals surface area contributed by atoms with E-state index >= 15 is 0 Å². The molecule has 3 rings (SSSR count). The van der Waals surface area contributed by atoms with Crippen molar-refractivity contribution in [3.63, 3.8) is 0 Å². The number of rotatable bonds is 27. The van der Waals surface area contributed by atoms with E-state index in [9.17, 15) is 38.4 Å². The van der Waals surface area contributed by atoms with Gasteiger partial charge in [-0.15, -0.1) is 0 Å². The second-order valence-corrected chi connectivity index (χ2v) is 35.0. The summed E-state index contributed by atoms with van der Waals surface area (Å²) in [5.41, 5.74) is -2.68. The number of methoxy groups -OCH3 is 1. The molecule has 2 aliphatic rings. The van der Waals surface area contributed by atoms with Gasteiger partial charge in [-0.1, -0.05) is 0 Å². The Bertz CT molecular complexity index is 2140. The zero-order valence-corrected chi connectivity index (χ0v) is 49.9. The maximum atomic E-state index is 14.4. The molecule has 2 saturated heterocycles. The molecule has 20 nitrogen and oxygen atoms in total. The number of hydrogen-bond acceptors (Lipinski definition) is 17. The molecule has 0 bridgehead atoms. The first-order valence-corrected chi connectivity index (χ1v) is 34.5. The molecule has 2 heterocycles. The molecule has 2 fully saturated rings. The van der Waals surface area contributed by atoms with Gasteiger partial charge in [-0.25, -0.2) is 0 Å². The number of likely N-dealkylation sites (tertiary alicyclic amines) is 1. The van der Waals surface area contributed by atoms with E-state index in [-0.39, 0.29) is 30.9 Å². The molecular formula is C54H86N4O16Sn. The minimum absolute atomic E-state index is 0.148. The number of hydrogen-bond donors (Lipinski definition) is 2. The molecule has 2 aliphatic heterocycles. The van der Waals surface area contributed by atoms with Gasteiger partial charge in [0.2, 0.25) is 5.91 Å². The van der Waals surface area contributed by atoms with E-state index in [0.717, 1.165) is 66.4 Å². The van der Waals surface area contributed by atoms with Gasteiger partial charge in [0, 0.05) is 40.2 Å². The Morgan fingerprint density at radius 2 is 1.45 bits per heavy atom. The Labute approximate surface area is 448 Å². The van der Waals surface area contributed by atoms with Crippen LogP contribution in [-0.4, -0.2) is 162 Å². The van der Waals surface area contributed by atoms with Gasteiger partial charge in [-0.05, 0) is 37.1 Å². The van der Waals surface area contributed by atoms with Crippen LogP contribution in [0.3, 0.4) is 0 Å². The zero-order valence-electron chi connectivity index (χ0n) is 47.1. The average molecular weight is 1170 g/mol. The summed E-state index contributed by atoms with van der Waals surface area (Å²) in [6.45, 7) is 21.3. The van der Waals surface area contributed by atoms with Crippen molar-refractivity contribution < 1.29 is 76.3 Å². The number of carbonyl (C=O) groups is 8. The van der Waals surface area contributed by atoms with Crippen LogP contribution in [0.15, 0.2) is 17.1 Å². The average Bonchev–Trinajstić information content (AvgIpc) is 3.74.